The van der Waals surface area contributed by atoms with Gasteiger partial charge in [0.25, 0.3) is 5.91 Å². The van der Waals surface area contributed by atoms with Crippen molar-refractivity contribution in [2.45, 2.75) is 25.1 Å². The minimum atomic E-state index is -4.50. The maximum atomic E-state index is 13.4. The SMILES string of the molecule is O=C(c1cccc(C(F)(F)F)c1)N1CCCC1c1[nH]c2ccc(Cl)cc2c1-c1ccccc1. The quantitative estimate of drug-likeness (QED) is 0.332. The molecule has 1 aliphatic heterocycles. The number of nitrogens with zero attached hydrogens (tertiary/aromatic N) is 1. The van der Waals surface area contributed by atoms with E-state index >= 15 is 0 Å². The molecule has 0 aliphatic carbocycles. The zero-order valence-electron chi connectivity index (χ0n) is 17.5. The molecule has 0 spiro atoms. The number of carbonyl (C=O) groups is 1. The number of aromatic nitrogens is 1. The zero-order valence-corrected chi connectivity index (χ0v) is 18.3. The third-order valence-corrected chi connectivity index (χ3v) is 6.37. The largest absolute Gasteiger partial charge is 0.416 e. The van der Waals surface area contributed by atoms with Crippen molar-refractivity contribution in [3.8, 4) is 11.1 Å². The van der Waals surface area contributed by atoms with E-state index in [2.05, 4.69) is 4.98 Å². The van der Waals surface area contributed by atoms with Crippen molar-refractivity contribution in [1.29, 1.82) is 0 Å². The van der Waals surface area contributed by atoms with Crippen molar-refractivity contribution in [3.05, 3.63) is 94.6 Å². The number of fused-ring (bicyclic) bond motifs is 1. The van der Waals surface area contributed by atoms with Crippen LogP contribution in [0.15, 0.2) is 72.8 Å². The number of aromatic amines is 1. The maximum Gasteiger partial charge on any atom is 0.416 e. The van der Waals surface area contributed by atoms with Crippen LogP contribution in [0.2, 0.25) is 5.02 Å². The molecular formula is C26H20ClF3N2O. The van der Waals surface area contributed by atoms with E-state index < -0.39 is 17.6 Å². The fraction of sp³-hybridized carbons (Fsp3) is 0.192. The van der Waals surface area contributed by atoms with Gasteiger partial charge in [-0.3, -0.25) is 4.79 Å². The van der Waals surface area contributed by atoms with Gasteiger partial charge in [-0.25, -0.2) is 0 Å². The molecule has 3 nitrogen and oxygen atoms in total. The van der Waals surface area contributed by atoms with E-state index in [1.807, 2.05) is 42.5 Å². The third kappa shape index (κ3) is 4.00. The minimum Gasteiger partial charge on any atom is -0.356 e. The molecule has 1 unspecified atom stereocenters. The molecule has 1 aromatic heterocycles. The number of likely N-dealkylation sites (tertiary alicyclic amines) is 1. The number of H-pyrrole nitrogens is 1. The molecule has 0 bridgehead atoms. The second-order valence-electron chi connectivity index (χ2n) is 8.20. The highest BCUT2D eigenvalue weighted by atomic mass is 35.5. The highest BCUT2D eigenvalue weighted by Gasteiger charge is 2.36. The number of rotatable bonds is 3. The van der Waals surface area contributed by atoms with Crippen LogP contribution in [-0.2, 0) is 6.18 Å². The van der Waals surface area contributed by atoms with Crippen LogP contribution in [-0.4, -0.2) is 22.3 Å². The zero-order chi connectivity index (χ0) is 23.2. The Bertz CT molecular complexity index is 1330. The van der Waals surface area contributed by atoms with Crippen molar-refractivity contribution in [3.63, 3.8) is 0 Å². The lowest BCUT2D eigenvalue weighted by Gasteiger charge is -2.26. The molecule has 3 aromatic carbocycles. The van der Waals surface area contributed by atoms with Crippen LogP contribution in [0.5, 0.6) is 0 Å². The summed E-state index contributed by atoms with van der Waals surface area (Å²) in [6.07, 6.45) is -3.03. The molecule has 1 saturated heterocycles. The Hall–Kier alpha value is -3.25. The summed E-state index contributed by atoms with van der Waals surface area (Å²) in [5.74, 6) is -0.403. The highest BCUT2D eigenvalue weighted by molar-refractivity contribution is 6.31. The van der Waals surface area contributed by atoms with Gasteiger partial charge in [-0.05, 0) is 54.8 Å². The Morgan fingerprint density at radius 3 is 2.55 bits per heavy atom. The van der Waals surface area contributed by atoms with Crippen molar-refractivity contribution >= 4 is 28.4 Å². The van der Waals surface area contributed by atoms with Gasteiger partial charge in [-0.1, -0.05) is 48.0 Å². The molecular weight excluding hydrogens is 449 g/mol. The molecule has 0 saturated carbocycles. The van der Waals surface area contributed by atoms with Gasteiger partial charge in [0.2, 0.25) is 0 Å². The molecule has 1 atom stereocenters. The van der Waals surface area contributed by atoms with Crippen molar-refractivity contribution in [2.75, 3.05) is 6.54 Å². The van der Waals surface area contributed by atoms with Crippen LogP contribution in [0, 0.1) is 0 Å². The molecule has 4 aromatic rings. The first-order valence-corrected chi connectivity index (χ1v) is 11.1. The van der Waals surface area contributed by atoms with Gasteiger partial charge in [0.15, 0.2) is 0 Å². The average molecular weight is 469 g/mol. The summed E-state index contributed by atoms with van der Waals surface area (Å²) < 4.78 is 39.6. The molecule has 5 rings (SSSR count). The molecule has 33 heavy (non-hydrogen) atoms. The number of halogens is 4. The Labute approximate surface area is 193 Å². The second kappa shape index (κ2) is 8.27. The number of nitrogens with one attached hydrogen (secondary N) is 1. The normalized spacial score (nSPS) is 16.5. The Kier molecular flexibility index (Phi) is 5.41. The molecule has 1 aliphatic rings. The van der Waals surface area contributed by atoms with Crippen LogP contribution in [0.1, 0.15) is 40.5 Å². The number of carbonyl (C=O) groups excluding carboxylic acids is 1. The molecule has 0 radical (unpaired) electrons. The molecule has 7 heteroatoms. The van der Waals surface area contributed by atoms with Crippen LogP contribution >= 0.6 is 11.6 Å². The summed E-state index contributed by atoms with van der Waals surface area (Å²) >= 11 is 6.29. The van der Waals surface area contributed by atoms with E-state index in [9.17, 15) is 18.0 Å². The fourth-order valence-electron chi connectivity index (χ4n) is 4.66. The molecule has 2 heterocycles. The van der Waals surface area contributed by atoms with Gasteiger partial charge < -0.3 is 9.88 Å². The number of benzene rings is 3. The van der Waals surface area contributed by atoms with Crippen LogP contribution in [0.25, 0.3) is 22.0 Å². The lowest BCUT2D eigenvalue weighted by molar-refractivity contribution is -0.137. The topological polar surface area (TPSA) is 36.1 Å². The van der Waals surface area contributed by atoms with E-state index in [0.29, 0.717) is 18.0 Å². The van der Waals surface area contributed by atoms with E-state index in [4.69, 9.17) is 11.6 Å². The van der Waals surface area contributed by atoms with Crippen molar-refractivity contribution < 1.29 is 18.0 Å². The summed E-state index contributed by atoms with van der Waals surface area (Å²) in [6, 6.07) is 19.8. The summed E-state index contributed by atoms with van der Waals surface area (Å²) in [7, 11) is 0. The lowest BCUT2D eigenvalue weighted by atomic mass is 9.97. The van der Waals surface area contributed by atoms with Crippen LogP contribution in [0.3, 0.4) is 0 Å². The molecule has 168 valence electrons. The lowest BCUT2D eigenvalue weighted by Crippen LogP contribution is -2.31. The first kappa shape index (κ1) is 21.6. The summed E-state index contributed by atoms with van der Waals surface area (Å²) in [5, 5.41) is 1.55. The van der Waals surface area contributed by atoms with Gasteiger partial charge in [-0.2, -0.15) is 13.2 Å². The fourth-order valence-corrected chi connectivity index (χ4v) is 4.83. The van der Waals surface area contributed by atoms with Crippen LogP contribution in [0.4, 0.5) is 13.2 Å². The predicted molar refractivity (Wildman–Crippen MR) is 123 cm³/mol. The number of amides is 1. The van der Waals surface area contributed by atoms with E-state index in [-0.39, 0.29) is 11.6 Å². The van der Waals surface area contributed by atoms with Crippen LogP contribution < -0.4 is 0 Å². The van der Waals surface area contributed by atoms with Gasteiger partial charge in [0.1, 0.15) is 0 Å². The van der Waals surface area contributed by atoms with Gasteiger partial charge in [0.05, 0.1) is 11.6 Å². The number of alkyl halides is 3. The van der Waals surface area contributed by atoms with E-state index in [1.54, 1.807) is 11.0 Å². The highest BCUT2D eigenvalue weighted by Crippen LogP contribution is 2.42. The van der Waals surface area contributed by atoms with E-state index in [0.717, 1.165) is 46.3 Å². The second-order valence-corrected chi connectivity index (χ2v) is 8.64. The van der Waals surface area contributed by atoms with E-state index in [1.165, 1.54) is 12.1 Å². The molecule has 1 fully saturated rings. The predicted octanol–water partition coefficient (Wildman–Crippen LogP) is 7.48. The first-order chi connectivity index (χ1) is 15.8. The Balaban J connectivity index is 1.60. The minimum absolute atomic E-state index is 0.0390. The third-order valence-electron chi connectivity index (χ3n) is 6.14. The van der Waals surface area contributed by atoms with Gasteiger partial charge >= 0.3 is 6.18 Å². The smallest absolute Gasteiger partial charge is 0.356 e. The summed E-state index contributed by atoms with van der Waals surface area (Å²) in [5.41, 5.74) is 2.93. The summed E-state index contributed by atoms with van der Waals surface area (Å²) in [6.45, 7) is 0.476. The first-order valence-electron chi connectivity index (χ1n) is 10.7. The average Bonchev–Trinajstić information content (AvgIpc) is 3.43. The molecule has 1 amide bonds. The van der Waals surface area contributed by atoms with Gasteiger partial charge in [-0.15, -0.1) is 0 Å². The standard InChI is InChI=1S/C26H20ClF3N2O/c27-19-11-12-21-20(15-19)23(16-6-2-1-3-7-16)24(31-21)22-10-5-13-32(22)25(33)17-8-4-9-18(14-17)26(28,29)30/h1-4,6-9,11-12,14-15,22,31H,5,10,13H2. The Morgan fingerprint density at radius 1 is 1.00 bits per heavy atom. The Morgan fingerprint density at radius 2 is 1.79 bits per heavy atom. The van der Waals surface area contributed by atoms with Crippen molar-refractivity contribution in [1.82, 2.24) is 9.88 Å². The maximum absolute atomic E-state index is 13.4. The number of hydrogen-bond donors (Lipinski definition) is 1. The summed E-state index contributed by atoms with van der Waals surface area (Å²) in [4.78, 5) is 18.5. The van der Waals surface area contributed by atoms with Crippen molar-refractivity contribution in [2.24, 2.45) is 0 Å². The molecule has 1 N–H and O–H groups in total. The van der Waals surface area contributed by atoms with Gasteiger partial charge in [0, 0.05) is 39.3 Å². The monoisotopic (exact) mass is 468 g/mol. The number of hydrogen-bond acceptors (Lipinski definition) is 1.